The van der Waals surface area contributed by atoms with E-state index in [1.807, 2.05) is 7.05 Å². The number of rotatable bonds is 5. The molecule has 3 heterocycles. The van der Waals surface area contributed by atoms with Crippen molar-refractivity contribution in [2.45, 2.75) is 13.0 Å². The van der Waals surface area contributed by atoms with E-state index >= 15 is 0 Å². The highest BCUT2D eigenvalue weighted by Crippen LogP contribution is 2.34. The van der Waals surface area contributed by atoms with E-state index in [9.17, 15) is 13.6 Å². The molecular formula is C24H24ClF2N5O2. The summed E-state index contributed by atoms with van der Waals surface area (Å²) in [6.45, 7) is 4.51. The van der Waals surface area contributed by atoms with Crippen LogP contribution in [0.2, 0.25) is 5.02 Å². The highest BCUT2D eigenvalue weighted by atomic mass is 35.5. The number of piperazine rings is 1. The zero-order chi connectivity index (χ0) is 24.4. The van der Waals surface area contributed by atoms with E-state index in [0.717, 1.165) is 25.2 Å². The van der Waals surface area contributed by atoms with Gasteiger partial charge in [-0.15, -0.1) is 0 Å². The normalized spacial score (nSPS) is 15.3. The average molecular weight is 488 g/mol. The molecule has 0 bridgehead atoms. The molecular weight excluding hydrogens is 464 g/mol. The minimum Gasteiger partial charge on any atom is -0.482 e. The molecule has 1 unspecified atom stereocenters. The molecule has 1 amide bonds. The number of likely N-dealkylation sites (N-methyl/N-ethyl adjacent to an activating group) is 1. The maximum atomic E-state index is 14.3. The zero-order valence-corrected chi connectivity index (χ0v) is 19.5. The SMILES string of the molecule is CC(Oc1cc(-c2ccc(C(=O)N3CCN(C)CC3)nc2)cnc1N)c1c(F)ccc(F)c1Cl. The molecule has 1 fully saturated rings. The van der Waals surface area contributed by atoms with Gasteiger partial charge in [-0.1, -0.05) is 17.7 Å². The van der Waals surface area contributed by atoms with Gasteiger partial charge < -0.3 is 20.3 Å². The summed E-state index contributed by atoms with van der Waals surface area (Å²) in [5.41, 5.74) is 7.52. The van der Waals surface area contributed by atoms with Gasteiger partial charge in [0.05, 0.1) is 5.02 Å². The van der Waals surface area contributed by atoms with E-state index in [2.05, 4.69) is 14.9 Å². The molecule has 0 spiro atoms. The first kappa shape index (κ1) is 23.8. The molecule has 0 saturated carbocycles. The first-order chi connectivity index (χ1) is 16.2. The van der Waals surface area contributed by atoms with E-state index in [0.29, 0.717) is 29.9 Å². The predicted molar refractivity (Wildman–Crippen MR) is 126 cm³/mol. The fraction of sp³-hybridized carbons (Fsp3) is 0.292. The Labute approximate surface area is 201 Å². The van der Waals surface area contributed by atoms with Crippen LogP contribution in [0.4, 0.5) is 14.6 Å². The van der Waals surface area contributed by atoms with Crippen molar-refractivity contribution in [3.8, 4) is 16.9 Å². The minimum atomic E-state index is -0.927. The van der Waals surface area contributed by atoms with Crippen molar-refractivity contribution in [2.75, 3.05) is 39.0 Å². The number of carbonyl (C=O) groups is 1. The van der Waals surface area contributed by atoms with Crippen LogP contribution in [0.1, 0.15) is 29.1 Å². The zero-order valence-electron chi connectivity index (χ0n) is 18.8. The number of ether oxygens (including phenoxy) is 1. The number of amides is 1. The Kier molecular flexibility index (Phi) is 6.95. The molecule has 1 aliphatic rings. The monoisotopic (exact) mass is 487 g/mol. The van der Waals surface area contributed by atoms with Crippen LogP contribution in [-0.2, 0) is 0 Å². The van der Waals surface area contributed by atoms with Crippen molar-refractivity contribution in [1.82, 2.24) is 19.8 Å². The molecule has 0 aliphatic carbocycles. The fourth-order valence-electron chi connectivity index (χ4n) is 3.73. The van der Waals surface area contributed by atoms with E-state index < -0.39 is 17.7 Å². The summed E-state index contributed by atoms with van der Waals surface area (Å²) in [6, 6.07) is 7.00. The molecule has 1 aliphatic heterocycles. The number of aromatic nitrogens is 2. The van der Waals surface area contributed by atoms with Crippen LogP contribution >= 0.6 is 11.6 Å². The van der Waals surface area contributed by atoms with Gasteiger partial charge in [0.1, 0.15) is 23.4 Å². The number of nitrogen functional groups attached to an aromatic ring is 1. The van der Waals surface area contributed by atoms with E-state index in [-0.39, 0.29) is 28.1 Å². The Morgan fingerprint density at radius 3 is 2.41 bits per heavy atom. The van der Waals surface area contributed by atoms with E-state index in [1.165, 1.54) is 6.92 Å². The van der Waals surface area contributed by atoms with Gasteiger partial charge in [0, 0.05) is 55.3 Å². The van der Waals surface area contributed by atoms with Gasteiger partial charge in [-0.25, -0.2) is 13.8 Å². The van der Waals surface area contributed by atoms with Crippen LogP contribution < -0.4 is 10.5 Å². The van der Waals surface area contributed by atoms with Crippen molar-refractivity contribution in [1.29, 1.82) is 0 Å². The van der Waals surface area contributed by atoms with Crippen molar-refractivity contribution in [2.24, 2.45) is 0 Å². The van der Waals surface area contributed by atoms with Crippen LogP contribution in [-0.4, -0.2) is 58.9 Å². The number of halogens is 3. The van der Waals surface area contributed by atoms with Gasteiger partial charge in [-0.2, -0.15) is 0 Å². The van der Waals surface area contributed by atoms with Gasteiger partial charge in [-0.05, 0) is 38.2 Å². The summed E-state index contributed by atoms with van der Waals surface area (Å²) in [5, 5.41) is -0.347. The number of hydrogen-bond donors (Lipinski definition) is 1. The maximum Gasteiger partial charge on any atom is 0.272 e. The number of carbonyl (C=O) groups excluding carboxylic acids is 1. The van der Waals surface area contributed by atoms with Crippen LogP contribution in [0.25, 0.3) is 11.1 Å². The first-order valence-corrected chi connectivity index (χ1v) is 11.1. The summed E-state index contributed by atoms with van der Waals surface area (Å²) in [6.07, 6.45) is 2.19. The molecule has 0 radical (unpaired) electrons. The summed E-state index contributed by atoms with van der Waals surface area (Å²) < 4.78 is 33.9. The van der Waals surface area contributed by atoms with Crippen LogP contribution in [0, 0.1) is 11.6 Å². The largest absolute Gasteiger partial charge is 0.482 e. The molecule has 34 heavy (non-hydrogen) atoms. The lowest BCUT2D eigenvalue weighted by atomic mass is 10.1. The molecule has 10 heteroatoms. The molecule has 4 rings (SSSR count). The lowest BCUT2D eigenvalue weighted by Crippen LogP contribution is -2.47. The molecule has 1 atom stereocenters. The van der Waals surface area contributed by atoms with Crippen molar-refractivity contribution < 1.29 is 18.3 Å². The number of anilines is 1. The third-order valence-electron chi connectivity index (χ3n) is 5.78. The number of nitrogens with zero attached hydrogens (tertiary/aromatic N) is 4. The van der Waals surface area contributed by atoms with Gasteiger partial charge in [0.25, 0.3) is 5.91 Å². The first-order valence-electron chi connectivity index (χ1n) is 10.7. The number of nitrogens with two attached hydrogens (primary N) is 1. The van der Waals surface area contributed by atoms with Crippen molar-refractivity contribution >= 4 is 23.3 Å². The molecule has 7 nitrogen and oxygen atoms in total. The fourth-order valence-corrected chi connectivity index (χ4v) is 4.04. The quantitative estimate of drug-likeness (QED) is 0.543. The number of benzene rings is 1. The van der Waals surface area contributed by atoms with Crippen molar-refractivity contribution in [3.63, 3.8) is 0 Å². The number of hydrogen-bond acceptors (Lipinski definition) is 6. The van der Waals surface area contributed by atoms with Gasteiger partial charge >= 0.3 is 0 Å². The summed E-state index contributed by atoms with van der Waals surface area (Å²) >= 11 is 5.95. The van der Waals surface area contributed by atoms with Gasteiger partial charge in [0.15, 0.2) is 11.6 Å². The second-order valence-electron chi connectivity index (χ2n) is 8.15. The number of pyridine rings is 2. The summed E-state index contributed by atoms with van der Waals surface area (Å²) in [5.74, 6) is -1.28. The van der Waals surface area contributed by atoms with Crippen LogP contribution in [0.3, 0.4) is 0 Å². The summed E-state index contributed by atoms with van der Waals surface area (Å²) in [4.78, 5) is 25.2. The highest BCUT2D eigenvalue weighted by molar-refractivity contribution is 6.31. The van der Waals surface area contributed by atoms with E-state index in [4.69, 9.17) is 22.1 Å². The minimum absolute atomic E-state index is 0.0818. The van der Waals surface area contributed by atoms with Crippen molar-refractivity contribution in [3.05, 3.63) is 70.6 Å². The molecule has 1 aromatic carbocycles. The van der Waals surface area contributed by atoms with Gasteiger partial charge in [-0.3, -0.25) is 9.78 Å². The molecule has 178 valence electrons. The lowest BCUT2D eigenvalue weighted by Gasteiger charge is -2.32. The van der Waals surface area contributed by atoms with Crippen LogP contribution in [0.5, 0.6) is 5.75 Å². The van der Waals surface area contributed by atoms with Crippen LogP contribution in [0.15, 0.2) is 42.7 Å². The Bertz CT molecular complexity index is 1200. The molecule has 2 N–H and O–H groups in total. The summed E-state index contributed by atoms with van der Waals surface area (Å²) in [7, 11) is 2.03. The molecule has 1 saturated heterocycles. The Balaban J connectivity index is 1.53. The second kappa shape index (κ2) is 9.90. The van der Waals surface area contributed by atoms with Gasteiger partial charge in [0.2, 0.25) is 0 Å². The third-order valence-corrected chi connectivity index (χ3v) is 6.16. The Hall–Kier alpha value is -3.30. The smallest absolute Gasteiger partial charge is 0.272 e. The topological polar surface area (TPSA) is 84.6 Å². The third kappa shape index (κ3) is 4.95. The molecule has 2 aromatic heterocycles. The second-order valence-corrected chi connectivity index (χ2v) is 8.53. The van der Waals surface area contributed by atoms with E-state index in [1.54, 1.807) is 35.5 Å². The average Bonchev–Trinajstić information content (AvgIpc) is 2.83. The lowest BCUT2D eigenvalue weighted by molar-refractivity contribution is 0.0658. The maximum absolute atomic E-state index is 14.3. The Morgan fingerprint density at radius 2 is 1.74 bits per heavy atom. The Morgan fingerprint density at radius 1 is 1.06 bits per heavy atom. The molecule has 3 aromatic rings. The highest BCUT2D eigenvalue weighted by Gasteiger charge is 2.22. The predicted octanol–water partition coefficient (Wildman–Crippen LogP) is 4.19. The standard InChI is InChI=1S/C24H24ClF2N5O2/c1-14(21-17(26)4-5-18(27)22(21)25)34-20-11-16(13-30-23(20)28)15-3-6-19(29-12-15)24(33)32-9-7-31(2)8-10-32/h3-6,11-14H,7-10H2,1-2H3,(H2,28,30).